The highest BCUT2D eigenvalue weighted by Crippen LogP contribution is 2.10. The average molecular weight is 314 g/mol. The monoisotopic (exact) mass is 313 g/mol. The van der Waals surface area contributed by atoms with Crippen molar-refractivity contribution in [3.05, 3.63) is 34.3 Å². The molecule has 0 saturated heterocycles. The van der Waals surface area contributed by atoms with Crippen LogP contribution in [-0.4, -0.2) is 23.5 Å². The van der Waals surface area contributed by atoms with Crippen molar-refractivity contribution in [2.75, 3.05) is 6.54 Å². The predicted octanol–water partition coefficient (Wildman–Crippen LogP) is 2.36. The Kier molecular flexibility index (Phi) is 6.43. The summed E-state index contributed by atoms with van der Waals surface area (Å²) < 4.78 is 0.986. The van der Waals surface area contributed by atoms with Gasteiger partial charge in [0.15, 0.2) is 0 Å². The summed E-state index contributed by atoms with van der Waals surface area (Å²) in [7, 11) is 0. The minimum Gasteiger partial charge on any atom is -0.481 e. The van der Waals surface area contributed by atoms with E-state index in [9.17, 15) is 9.59 Å². The van der Waals surface area contributed by atoms with Gasteiger partial charge in [0, 0.05) is 17.4 Å². The lowest BCUT2D eigenvalue weighted by Gasteiger charge is -2.04. The van der Waals surface area contributed by atoms with Gasteiger partial charge < -0.3 is 10.4 Å². The molecular formula is C13H16BrNO3. The van der Waals surface area contributed by atoms with E-state index in [0.29, 0.717) is 25.8 Å². The zero-order valence-electron chi connectivity index (χ0n) is 9.99. The smallest absolute Gasteiger partial charge is 0.303 e. The van der Waals surface area contributed by atoms with Crippen molar-refractivity contribution in [1.82, 2.24) is 5.32 Å². The first-order valence-corrected chi connectivity index (χ1v) is 6.60. The van der Waals surface area contributed by atoms with E-state index in [4.69, 9.17) is 5.11 Å². The summed E-state index contributed by atoms with van der Waals surface area (Å²) in [6.45, 7) is 0.530. The second kappa shape index (κ2) is 7.87. The third-order valence-corrected chi connectivity index (χ3v) is 2.95. The maximum Gasteiger partial charge on any atom is 0.303 e. The third-order valence-electron chi connectivity index (χ3n) is 2.42. The molecule has 0 radical (unpaired) electrons. The van der Waals surface area contributed by atoms with Crippen LogP contribution in [0.5, 0.6) is 0 Å². The zero-order valence-corrected chi connectivity index (χ0v) is 11.6. The van der Waals surface area contributed by atoms with Crippen molar-refractivity contribution >= 4 is 27.8 Å². The molecule has 18 heavy (non-hydrogen) atoms. The highest BCUT2D eigenvalue weighted by Gasteiger charge is 2.03. The molecule has 0 atom stereocenters. The molecule has 1 aromatic carbocycles. The second-order valence-electron chi connectivity index (χ2n) is 4.00. The van der Waals surface area contributed by atoms with E-state index in [1.54, 1.807) is 0 Å². The molecule has 0 unspecified atom stereocenters. The molecular weight excluding hydrogens is 298 g/mol. The summed E-state index contributed by atoms with van der Waals surface area (Å²) in [5.74, 6) is -0.830. The number of hydrogen-bond acceptors (Lipinski definition) is 2. The highest BCUT2D eigenvalue weighted by molar-refractivity contribution is 9.10. The van der Waals surface area contributed by atoms with Crippen molar-refractivity contribution in [3.8, 4) is 0 Å². The summed E-state index contributed by atoms with van der Waals surface area (Å²) in [6, 6.07) is 7.59. The van der Waals surface area contributed by atoms with Gasteiger partial charge in [-0.05, 0) is 30.5 Å². The Balaban J connectivity index is 2.17. The molecule has 0 aliphatic heterocycles. The number of aliphatic carboxylic acids is 1. The number of carboxylic acids is 1. The lowest BCUT2D eigenvalue weighted by Crippen LogP contribution is -2.26. The maximum absolute atomic E-state index is 11.6. The Hall–Kier alpha value is -1.36. The normalized spacial score (nSPS) is 10.1. The van der Waals surface area contributed by atoms with Gasteiger partial charge >= 0.3 is 5.97 Å². The molecule has 0 aliphatic carbocycles. The summed E-state index contributed by atoms with van der Waals surface area (Å²) in [5.41, 5.74) is 0.959. The van der Waals surface area contributed by atoms with Gasteiger partial charge in [-0.3, -0.25) is 9.59 Å². The zero-order chi connectivity index (χ0) is 13.4. The van der Waals surface area contributed by atoms with Crippen molar-refractivity contribution in [3.63, 3.8) is 0 Å². The van der Waals surface area contributed by atoms with Crippen LogP contribution in [0.1, 0.15) is 24.8 Å². The standard InChI is InChI=1S/C13H16BrNO3/c14-11-6-4-10(5-7-11)9-12(16)15-8-2-1-3-13(17)18/h4-7H,1-3,8-9H2,(H,15,16)(H,17,18). The molecule has 1 aromatic rings. The largest absolute Gasteiger partial charge is 0.481 e. The number of hydrogen-bond donors (Lipinski definition) is 2. The van der Waals surface area contributed by atoms with Crippen molar-refractivity contribution in [2.45, 2.75) is 25.7 Å². The van der Waals surface area contributed by atoms with E-state index < -0.39 is 5.97 Å². The van der Waals surface area contributed by atoms with Crippen molar-refractivity contribution in [2.24, 2.45) is 0 Å². The molecule has 0 bridgehead atoms. The number of rotatable bonds is 7. The first kappa shape index (κ1) is 14.7. The lowest BCUT2D eigenvalue weighted by atomic mass is 10.1. The second-order valence-corrected chi connectivity index (χ2v) is 4.92. The van der Waals surface area contributed by atoms with Crippen molar-refractivity contribution in [1.29, 1.82) is 0 Å². The molecule has 0 heterocycles. The number of benzene rings is 1. The van der Waals surface area contributed by atoms with Crippen LogP contribution in [0, 0.1) is 0 Å². The van der Waals surface area contributed by atoms with Crippen LogP contribution in [0.25, 0.3) is 0 Å². The Morgan fingerprint density at radius 2 is 1.83 bits per heavy atom. The fourth-order valence-electron chi connectivity index (χ4n) is 1.48. The molecule has 0 saturated carbocycles. The molecule has 0 aromatic heterocycles. The summed E-state index contributed by atoms with van der Waals surface area (Å²) >= 11 is 3.33. The molecule has 1 rings (SSSR count). The Morgan fingerprint density at radius 1 is 1.17 bits per heavy atom. The van der Waals surface area contributed by atoms with Crippen LogP contribution in [0.4, 0.5) is 0 Å². The molecule has 0 fully saturated rings. The molecule has 1 amide bonds. The minimum atomic E-state index is -0.795. The topological polar surface area (TPSA) is 66.4 Å². The van der Waals surface area contributed by atoms with E-state index in [0.717, 1.165) is 10.0 Å². The van der Waals surface area contributed by atoms with Gasteiger partial charge in [-0.2, -0.15) is 0 Å². The first-order valence-electron chi connectivity index (χ1n) is 5.81. The third kappa shape index (κ3) is 6.39. The van der Waals surface area contributed by atoms with Gasteiger partial charge in [-0.25, -0.2) is 0 Å². The number of carbonyl (C=O) groups is 2. The van der Waals surface area contributed by atoms with Crippen LogP contribution in [0.15, 0.2) is 28.7 Å². The van der Waals surface area contributed by atoms with E-state index in [1.807, 2.05) is 24.3 Å². The van der Waals surface area contributed by atoms with Gasteiger partial charge in [0.25, 0.3) is 0 Å². The van der Waals surface area contributed by atoms with Crippen LogP contribution in [-0.2, 0) is 16.0 Å². The van der Waals surface area contributed by atoms with Crippen LogP contribution < -0.4 is 5.32 Å². The average Bonchev–Trinajstić information content (AvgIpc) is 2.31. The first-order chi connectivity index (χ1) is 8.58. The molecule has 0 spiro atoms. The fraction of sp³-hybridized carbons (Fsp3) is 0.385. The SMILES string of the molecule is O=C(O)CCCCNC(=O)Cc1ccc(Br)cc1. The lowest BCUT2D eigenvalue weighted by molar-refractivity contribution is -0.137. The molecule has 0 aliphatic rings. The summed E-state index contributed by atoms with van der Waals surface area (Å²) in [5, 5.41) is 11.2. The number of carboxylic acid groups (broad SMARTS) is 1. The van der Waals surface area contributed by atoms with Gasteiger partial charge in [0.2, 0.25) is 5.91 Å². The highest BCUT2D eigenvalue weighted by atomic mass is 79.9. The predicted molar refractivity (Wildman–Crippen MR) is 72.3 cm³/mol. The molecule has 98 valence electrons. The van der Waals surface area contributed by atoms with Gasteiger partial charge in [0.1, 0.15) is 0 Å². The van der Waals surface area contributed by atoms with E-state index in [2.05, 4.69) is 21.2 Å². The number of halogens is 1. The fourth-order valence-corrected chi connectivity index (χ4v) is 1.74. The van der Waals surface area contributed by atoms with Crippen molar-refractivity contribution < 1.29 is 14.7 Å². The van der Waals surface area contributed by atoms with Crippen LogP contribution >= 0.6 is 15.9 Å². The van der Waals surface area contributed by atoms with E-state index in [-0.39, 0.29) is 12.3 Å². The quantitative estimate of drug-likeness (QED) is 0.759. The molecule has 2 N–H and O–H groups in total. The Labute approximate surface area is 115 Å². The number of unbranched alkanes of at least 4 members (excludes halogenated alkanes) is 1. The summed E-state index contributed by atoms with van der Waals surface area (Å²) in [4.78, 5) is 21.8. The van der Waals surface area contributed by atoms with Gasteiger partial charge in [0.05, 0.1) is 6.42 Å². The maximum atomic E-state index is 11.6. The van der Waals surface area contributed by atoms with Crippen LogP contribution in [0.2, 0.25) is 0 Å². The number of nitrogens with one attached hydrogen (secondary N) is 1. The van der Waals surface area contributed by atoms with Gasteiger partial charge in [-0.1, -0.05) is 28.1 Å². The Morgan fingerprint density at radius 3 is 2.44 bits per heavy atom. The Bertz CT molecular complexity index is 403. The minimum absolute atomic E-state index is 0.0346. The number of amides is 1. The van der Waals surface area contributed by atoms with E-state index in [1.165, 1.54) is 0 Å². The van der Waals surface area contributed by atoms with E-state index >= 15 is 0 Å². The molecule has 4 nitrogen and oxygen atoms in total. The van der Waals surface area contributed by atoms with Gasteiger partial charge in [-0.15, -0.1) is 0 Å². The number of carbonyl (C=O) groups excluding carboxylic acids is 1. The van der Waals surface area contributed by atoms with Crippen LogP contribution in [0.3, 0.4) is 0 Å². The molecule has 5 heteroatoms. The summed E-state index contributed by atoms with van der Waals surface area (Å²) in [6.07, 6.45) is 1.79.